The summed E-state index contributed by atoms with van der Waals surface area (Å²) in [5, 5.41) is 3.97. The number of hydrogen-bond donors (Lipinski definition) is 0. The van der Waals surface area contributed by atoms with Crippen LogP contribution in [0.3, 0.4) is 0 Å². The summed E-state index contributed by atoms with van der Waals surface area (Å²) in [7, 11) is -3.60. The van der Waals surface area contributed by atoms with Crippen LogP contribution >= 0.6 is 0 Å². The maximum absolute atomic E-state index is 13.0. The Bertz CT molecular complexity index is 1300. The van der Waals surface area contributed by atoms with E-state index in [0.717, 1.165) is 11.1 Å². The third-order valence-electron chi connectivity index (χ3n) is 6.14. The highest BCUT2D eigenvalue weighted by atomic mass is 32.2. The number of carbonyl (C=O) groups excluding carboxylic acids is 1. The van der Waals surface area contributed by atoms with Crippen molar-refractivity contribution in [3.8, 4) is 17.1 Å². The summed E-state index contributed by atoms with van der Waals surface area (Å²) in [5.74, 6) is 0.381. The lowest BCUT2D eigenvalue weighted by molar-refractivity contribution is -0.152. The lowest BCUT2D eigenvalue weighted by atomic mass is 9.98. The van der Waals surface area contributed by atoms with Crippen LogP contribution < -0.4 is 4.74 Å². The van der Waals surface area contributed by atoms with Gasteiger partial charge in [-0.25, -0.2) is 8.42 Å². The molecule has 0 radical (unpaired) electrons. The van der Waals surface area contributed by atoms with E-state index in [1.54, 1.807) is 12.1 Å². The van der Waals surface area contributed by atoms with E-state index < -0.39 is 16.0 Å². The number of aromatic nitrogens is 2. The molecule has 1 aliphatic rings. The summed E-state index contributed by atoms with van der Waals surface area (Å²) < 4.78 is 43.7. The number of carbonyl (C=O) groups is 1. The zero-order valence-corrected chi connectivity index (χ0v) is 20.9. The number of para-hydroxylation sites is 1. The fraction of sp³-hybridized carbons (Fsp3) is 0.400. The Morgan fingerprint density at radius 3 is 2.57 bits per heavy atom. The monoisotopic (exact) mass is 499 g/mol. The Hall–Kier alpha value is -3.24. The minimum Gasteiger partial charge on any atom is -0.493 e. The summed E-state index contributed by atoms with van der Waals surface area (Å²) >= 11 is 0. The van der Waals surface area contributed by atoms with E-state index in [-0.39, 0.29) is 36.4 Å². The molecule has 0 atom stereocenters. The number of esters is 1. The van der Waals surface area contributed by atoms with Crippen LogP contribution in [0.5, 0.6) is 5.75 Å². The van der Waals surface area contributed by atoms with Crippen LogP contribution in [-0.2, 0) is 26.2 Å². The number of piperidine rings is 1. The summed E-state index contributed by atoms with van der Waals surface area (Å²) in [5.41, 5.74) is 2.65. The van der Waals surface area contributed by atoms with Crippen molar-refractivity contribution in [3.63, 3.8) is 0 Å². The van der Waals surface area contributed by atoms with E-state index in [2.05, 4.69) is 10.1 Å². The highest BCUT2D eigenvalue weighted by Gasteiger charge is 2.33. The van der Waals surface area contributed by atoms with Gasteiger partial charge in [0, 0.05) is 13.1 Å². The average Bonchev–Trinajstić information content (AvgIpc) is 3.33. The number of benzene rings is 2. The highest BCUT2D eigenvalue weighted by molar-refractivity contribution is 7.89. The maximum Gasteiger partial charge on any atom is 0.309 e. The lowest BCUT2D eigenvalue weighted by Gasteiger charge is -2.30. The molecule has 4 rings (SSSR count). The molecule has 2 heterocycles. The van der Waals surface area contributed by atoms with Crippen LogP contribution in [0.15, 0.2) is 51.9 Å². The molecular formula is C25H29N3O6S. The van der Waals surface area contributed by atoms with E-state index in [1.165, 1.54) is 4.31 Å². The quantitative estimate of drug-likeness (QED) is 0.429. The van der Waals surface area contributed by atoms with Gasteiger partial charge in [-0.15, -0.1) is 0 Å². The largest absolute Gasteiger partial charge is 0.493 e. The van der Waals surface area contributed by atoms with Crippen LogP contribution in [0.4, 0.5) is 0 Å². The number of sulfonamides is 1. The first kappa shape index (κ1) is 24.9. The predicted molar refractivity (Wildman–Crippen MR) is 128 cm³/mol. The number of nitrogens with zero attached hydrogens (tertiary/aromatic N) is 3. The predicted octanol–water partition coefficient (Wildman–Crippen LogP) is 3.90. The molecule has 3 aromatic rings. The van der Waals surface area contributed by atoms with Crippen molar-refractivity contribution in [2.75, 3.05) is 19.7 Å². The van der Waals surface area contributed by atoms with Crippen LogP contribution in [0.2, 0.25) is 0 Å². The van der Waals surface area contributed by atoms with E-state index in [4.69, 9.17) is 14.0 Å². The van der Waals surface area contributed by atoms with Crippen LogP contribution in [-0.4, -0.2) is 48.5 Å². The molecule has 2 aromatic carbocycles. The topological polar surface area (TPSA) is 112 Å². The molecule has 0 amide bonds. The number of rotatable bonds is 8. The van der Waals surface area contributed by atoms with Crippen molar-refractivity contribution < 1.29 is 27.2 Å². The maximum atomic E-state index is 13.0. The van der Waals surface area contributed by atoms with Crippen molar-refractivity contribution >= 4 is 16.0 Å². The van der Waals surface area contributed by atoms with E-state index in [0.29, 0.717) is 36.6 Å². The van der Waals surface area contributed by atoms with Crippen molar-refractivity contribution in [1.29, 1.82) is 0 Å². The molecule has 0 bridgehead atoms. The summed E-state index contributed by atoms with van der Waals surface area (Å²) in [6.07, 6.45) is 0.777. The second-order valence-corrected chi connectivity index (χ2v) is 10.4. The number of ether oxygens (including phenoxy) is 2. The molecule has 186 valence electrons. The van der Waals surface area contributed by atoms with Gasteiger partial charge in [-0.05, 0) is 69.0 Å². The molecule has 1 saturated heterocycles. The SMILES string of the molecule is CCOc1ccccc1-c1noc(COC(=O)C2CCN(S(=O)(=O)c3ccc(C)c(C)c3)CC2)n1. The van der Waals surface area contributed by atoms with E-state index in [9.17, 15) is 13.2 Å². The second-order valence-electron chi connectivity index (χ2n) is 8.47. The van der Waals surface area contributed by atoms with E-state index in [1.807, 2.05) is 51.1 Å². The molecule has 0 N–H and O–H groups in total. The third-order valence-corrected chi connectivity index (χ3v) is 8.03. The minimum atomic E-state index is -3.60. The first-order valence-electron chi connectivity index (χ1n) is 11.6. The van der Waals surface area contributed by atoms with Gasteiger partial charge < -0.3 is 14.0 Å². The van der Waals surface area contributed by atoms with E-state index >= 15 is 0 Å². The second kappa shape index (κ2) is 10.6. The minimum absolute atomic E-state index is 0.149. The van der Waals surface area contributed by atoms with Crippen molar-refractivity contribution in [2.45, 2.75) is 45.1 Å². The average molecular weight is 500 g/mol. The lowest BCUT2D eigenvalue weighted by Crippen LogP contribution is -2.40. The number of hydrogen-bond acceptors (Lipinski definition) is 8. The van der Waals surface area contributed by atoms with Crippen molar-refractivity contribution in [2.24, 2.45) is 5.92 Å². The highest BCUT2D eigenvalue weighted by Crippen LogP contribution is 2.28. The third kappa shape index (κ3) is 5.54. The summed E-state index contributed by atoms with van der Waals surface area (Å²) in [4.78, 5) is 17.2. The smallest absolute Gasteiger partial charge is 0.309 e. The van der Waals surface area contributed by atoms with Crippen LogP contribution in [0, 0.1) is 19.8 Å². The Kier molecular flexibility index (Phi) is 7.51. The summed E-state index contributed by atoms with van der Waals surface area (Å²) in [6, 6.07) is 12.5. The zero-order chi connectivity index (χ0) is 25.0. The first-order valence-corrected chi connectivity index (χ1v) is 13.0. The molecular weight excluding hydrogens is 470 g/mol. The van der Waals surface area contributed by atoms with Gasteiger partial charge >= 0.3 is 5.97 Å². The van der Waals surface area contributed by atoms with Gasteiger partial charge in [0.25, 0.3) is 5.89 Å². The standard InChI is InChI=1S/C25H29N3O6S/c1-4-32-22-8-6-5-7-21(22)24-26-23(34-27-24)16-33-25(29)19-11-13-28(14-12-19)35(30,31)20-10-9-17(2)18(3)15-20/h5-10,15,19H,4,11-14,16H2,1-3H3. The molecule has 1 aliphatic heterocycles. The Labute approximate surface area is 205 Å². The van der Waals surface area contributed by atoms with Crippen molar-refractivity contribution in [3.05, 3.63) is 59.5 Å². The first-order chi connectivity index (χ1) is 16.8. The van der Waals surface area contributed by atoms with Crippen molar-refractivity contribution in [1.82, 2.24) is 14.4 Å². The Morgan fingerprint density at radius 2 is 1.86 bits per heavy atom. The molecule has 0 unspecified atom stereocenters. The molecule has 10 heteroatoms. The molecule has 35 heavy (non-hydrogen) atoms. The van der Waals surface area contributed by atoms with Gasteiger partial charge in [0.2, 0.25) is 15.8 Å². The van der Waals surface area contributed by atoms with Gasteiger partial charge in [0.15, 0.2) is 6.61 Å². The molecule has 0 saturated carbocycles. The number of aryl methyl sites for hydroxylation is 2. The molecule has 0 spiro atoms. The fourth-order valence-electron chi connectivity index (χ4n) is 3.96. The fourth-order valence-corrected chi connectivity index (χ4v) is 5.52. The van der Waals surface area contributed by atoms with Gasteiger partial charge in [0.05, 0.1) is 23.0 Å². The normalized spacial score (nSPS) is 15.2. The Morgan fingerprint density at radius 1 is 1.11 bits per heavy atom. The zero-order valence-electron chi connectivity index (χ0n) is 20.1. The molecule has 1 aromatic heterocycles. The van der Waals surface area contributed by atoms with Crippen LogP contribution in [0.25, 0.3) is 11.4 Å². The van der Waals surface area contributed by atoms with Gasteiger partial charge in [-0.2, -0.15) is 9.29 Å². The van der Waals surface area contributed by atoms with Crippen LogP contribution in [0.1, 0.15) is 36.8 Å². The van der Waals surface area contributed by atoms with Gasteiger partial charge in [-0.3, -0.25) is 4.79 Å². The Balaban J connectivity index is 1.32. The summed E-state index contributed by atoms with van der Waals surface area (Å²) in [6.45, 7) is 6.59. The molecule has 9 nitrogen and oxygen atoms in total. The van der Waals surface area contributed by atoms with Gasteiger partial charge in [-0.1, -0.05) is 23.4 Å². The van der Waals surface area contributed by atoms with Gasteiger partial charge in [0.1, 0.15) is 5.75 Å². The molecule has 1 fully saturated rings. The molecule has 0 aliphatic carbocycles.